The Bertz CT molecular complexity index is 482. The predicted octanol–water partition coefficient (Wildman–Crippen LogP) is 2.33. The number of aliphatic imine (C=N–C) groups is 1. The van der Waals surface area contributed by atoms with Crippen LogP contribution in [0.3, 0.4) is 0 Å². The number of aryl methyl sites for hydroxylation is 1. The van der Waals surface area contributed by atoms with Gasteiger partial charge in [0, 0.05) is 25.6 Å². The second-order valence-electron chi connectivity index (χ2n) is 6.01. The highest BCUT2D eigenvalue weighted by Crippen LogP contribution is 2.14. The van der Waals surface area contributed by atoms with Gasteiger partial charge in [-0.3, -0.25) is 0 Å². The molecule has 0 radical (unpaired) electrons. The van der Waals surface area contributed by atoms with Crippen molar-refractivity contribution in [1.82, 2.24) is 25.4 Å². The third kappa shape index (κ3) is 5.10. The van der Waals surface area contributed by atoms with Crippen LogP contribution in [0.25, 0.3) is 0 Å². The van der Waals surface area contributed by atoms with Gasteiger partial charge in [0.2, 0.25) is 0 Å². The SMILES string of the molecule is CCNC(=NCc1nnc2n1CCCC2)NC(C)C(C)C.I. The fourth-order valence-electron chi connectivity index (χ4n) is 2.34. The number of nitrogens with zero attached hydrogens (tertiary/aromatic N) is 4. The zero-order chi connectivity index (χ0) is 15.2. The van der Waals surface area contributed by atoms with Crippen molar-refractivity contribution in [2.75, 3.05) is 6.54 Å². The molecule has 0 spiro atoms. The molecular weight excluding hydrogens is 391 g/mol. The monoisotopic (exact) mass is 420 g/mol. The zero-order valence-corrected chi connectivity index (χ0v) is 16.4. The van der Waals surface area contributed by atoms with Crippen molar-refractivity contribution >= 4 is 29.9 Å². The van der Waals surface area contributed by atoms with Gasteiger partial charge in [-0.1, -0.05) is 13.8 Å². The van der Waals surface area contributed by atoms with Crippen LogP contribution in [0.2, 0.25) is 0 Å². The van der Waals surface area contributed by atoms with Crippen molar-refractivity contribution in [2.45, 2.75) is 66.1 Å². The highest BCUT2D eigenvalue weighted by Gasteiger charge is 2.15. The first-order valence-electron chi connectivity index (χ1n) is 8.07. The maximum Gasteiger partial charge on any atom is 0.191 e. The Hall–Kier alpha value is -0.860. The number of hydrogen-bond donors (Lipinski definition) is 2. The summed E-state index contributed by atoms with van der Waals surface area (Å²) in [5, 5.41) is 15.3. The minimum absolute atomic E-state index is 0. The Morgan fingerprint density at radius 1 is 1.27 bits per heavy atom. The molecule has 2 rings (SSSR count). The van der Waals surface area contributed by atoms with Crippen LogP contribution in [0, 0.1) is 5.92 Å². The molecule has 0 fully saturated rings. The van der Waals surface area contributed by atoms with E-state index in [0.29, 0.717) is 18.5 Å². The fraction of sp³-hybridized carbons (Fsp3) is 0.800. The van der Waals surface area contributed by atoms with E-state index in [1.165, 1.54) is 12.8 Å². The number of hydrogen-bond acceptors (Lipinski definition) is 3. The molecule has 6 nitrogen and oxygen atoms in total. The molecule has 0 aliphatic carbocycles. The highest BCUT2D eigenvalue weighted by atomic mass is 127. The number of guanidine groups is 1. The highest BCUT2D eigenvalue weighted by molar-refractivity contribution is 14.0. The Morgan fingerprint density at radius 2 is 2.05 bits per heavy atom. The number of fused-ring (bicyclic) bond motifs is 1. The summed E-state index contributed by atoms with van der Waals surface area (Å²) >= 11 is 0. The molecule has 1 atom stereocenters. The summed E-state index contributed by atoms with van der Waals surface area (Å²) in [5.74, 6) is 3.50. The lowest BCUT2D eigenvalue weighted by Crippen LogP contribution is -2.44. The lowest BCUT2D eigenvalue weighted by Gasteiger charge is -2.20. The van der Waals surface area contributed by atoms with Gasteiger partial charge in [0.1, 0.15) is 12.4 Å². The Morgan fingerprint density at radius 3 is 2.73 bits per heavy atom. The van der Waals surface area contributed by atoms with E-state index in [2.05, 4.69) is 58.1 Å². The van der Waals surface area contributed by atoms with E-state index in [1.54, 1.807) is 0 Å². The molecule has 22 heavy (non-hydrogen) atoms. The predicted molar refractivity (Wildman–Crippen MR) is 101 cm³/mol. The van der Waals surface area contributed by atoms with Crippen LogP contribution >= 0.6 is 24.0 Å². The van der Waals surface area contributed by atoms with Gasteiger partial charge in [-0.15, -0.1) is 34.2 Å². The van der Waals surface area contributed by atoms with Crippen LogP contribution in [0.1, 0.15) is 52.2 Å². The molecule has 0 saturated heterocycles. The Balaban J connectivity index is 0.00000242. The largest absolute Gasteiger partial charge is 0.357 e. The number of nitrogens with one attached hydrogen (secondary N) is 2. The van der Waals surface area contributed by atoms with Gasteiger partial charge < -0.3 is 15.2 Å². The maximum absolute atomic E-state index is 4.66. The standard InChI is InChI=1S/C15H28N6.HI/c1-5-16-15(18-12(4)11(2)3)17-10-14-20-19-13-8-6-7-9-21(13)14;/h11-12H,5-10H2,1-4H3,(H2,16,17,18);1H. The van der Waals surface area contributed by atoms with Crippen LogP contribution < -0.4 is 10.6 Å². The van der Waals surface area contributed by atoms with Crippen molar-refractivity contribution in [3.63, 3.8) is 0 Å². The Kier molecular flexibility index (Phi) is 8.13. The van der Waals surface area contributed by atoms with Crippen molar-refractivity contribution in [3.8, 4) is 0 Å². The summed E-state index contributed by atoms with van der Waals surface area (Å²) in [6.45, 7) is 11.1. The van der Waals surface area contributed by atoms with Gasteiger partial charge in [-0.05, 0) is 32.6 Å². The van der Waals surface area contributed by atoms with Gasteiger partial charge in [0.15, 0.2) is 11.8 Å². The summed E-state index contributed by atoms with van der Waals surface area (Å²) in [6, 6.07) is 0.384. The fourth-order valence-corrected chi connectivity index (χ4v) is 2.34. The van der Waals surface area contributed by atoms with Crippen LogP contribution in [0.5, 0.6) is 0 Å². The van der Waals surface area contributed by atoms with E-state index in [9.17, 15) is 0 Å². The van der Waals surface area contributed by atoms with E-state index in [0.717, 1.165) is 37.1 Å². The van der Waals surface area contributed by atoms with Crippen molar-refractivity contribution < 1.29 is 0 Å². The molecule has 1 aliphatic heterocycles. The lowest BCUT2D eigenvalue weighted by atomic mass is 10.1. The van der Waals surface area contributed by atoms with Gasteiger partial charge in [0.05, 0.1) is 0 Å². The minimum Gasteiger partial charge on any atom is -0.357 e. The summed E-state index contributed by atoms with van der Waals surface area (Å²) in [7, 11) is 0. The topological polar surface area (TPSA) is 67.1 Å². The quantitative estimate of drug-likeness (QED) is 0.436. The molecule has 0 amide bonds. The third-order valence-corrected chi connectivity index (χ3v) is 4.02. The van der Waals surface area contributed by atoms with E-state index in [4.69, 9.17) is 0 Å². The van der Waals surface area contributed by atoms with Gasteiger partial charge in [-0.2, -0.15) is 0 Å². The summed E-state index contributed by atoms with van der Waals surface area (Å²) < 4.78 is 2.22. The normalized spacial score (nSPS) is 16.0. The van der Waals surface area contributed by atoms with Crippen molar-refractivity contribution in [2.24, 2.45) is 10.9 Å². The molecule has 0 saturated carbocycles. The summed E-state index contributed by atoms with van der Waals surface area (Å²) in [4.78, 5) is 4.66. The maximum atomic E-state index is 4.66. The second kappa shape index (κ2) is 9.32. The van der Waals surface area contributed by atoms with Gasteiger partial charge >= 0.3 is 0 Å². The van der Waals surface area contributed by atoms with Crippen molar-refractivity contribution in [3.05, 3.63) is 11.6 Å². The number of rotatable bonds is 5. The molecule has 126 valence electrons. The van der Waals surface area contributed by atoms with Gasteiger partial charge in [-0.25, -0.2) is 4.99 Å². The first-order chi connectivity index (χ1) is 10.1. The van der Waals surface area contributed by atoms with Crippen molar-refractivity contribution in [1.29, 1.82) is 0 Å². The van der Waals surface area contributed by atoms with Crippen LogP contribution in [0.15, 0.2) is 4.99 Å². The third-order valence-electron chi connectivity index (χ3n) is 4.02. The Labute approximate surface area is 150 Å². The van der Waals surface area contributed by atoms with Crippen LogP contribution in [-0.2, 0) is 19.5 Å². The summed E-state index contributed by atoms with van der Waals surface area (Å²) in [6.07, 6.45) is 3.47. The molecule has 1 aromatic heterocycles. The minimum atomic E-state index is 0. The molecule has 1 aromatic rings. The molecule has 1 unspecified atom stereocenters. The van der Waals surface area contributed by atoms with Crippen LogP contribution in [0.4, 0.5) is 0 Å². The first kappa shape index (κ1) is 19.2. The van der Waals surface area contributed by atoms with E-state index in [1.807, 2.05) is 0 Å². The zero-order valence-electron chi connectivity index (χ0n) is 14.1. The molecule has 0 aromatic carbocycles. The molecule has 0 bridgehead atoms. The molecule has 1 aliphatic rings. The number of aromatic nitrogens is 3. The van der Waals surface area contributed by atoms with E-state index < -0.39 is 0 Å². The number of halogens is 1. The molecule has 7 heteroatoms. The van der Waals surface area contributed by atoms with Gasteiger partial charge in [0.25, 0.3) is 0 Å². The van der Waals surface area contributed by atoms with E-state index in [-0.39, 0.29) is 24.0 Å². The molecule has 2 N–H and O–H groups in total. The smallest absolute Gasteiger partial charge is 0.191 e. The van der Waals surface area contributed by atoms with Crippen LogP contribution in [-0.4, -0.2) is 33.3 Å². The molecule has 2 heterocycles. The van der Waals surface area contributed by atoms with E-state index >= 15 is 0 Å². The average molecular weight is 420 g/mol. The lowest BCUT2D eigenvalue weighted by molar-refractivity contribution is 0.480. The second-order valence-corrected chi connectivity index (χ2v) is 6.01. The molecular formula is C15H29IN6. The first-order valence-corrected chi connectivity index (χ1v) is 8.07. The summed E-state index contributed by atoms with van der Waals surface area (Å²) in [5.41, 5.74) is 0. The average Bonchev–Trinajstić information content (AvgIpc) is 2.88.